The van der Waals surface area contributed by atoms with E-state index in [1.54, 1.807) is 12.1 Å². The maximum Gasteiger partial charge on any atom is 0.336 e. The zero-order chi connectivity index (χ0) is 28.1. The first kappa shape index (κ1) is 28.1. The van der Waals surface area contributed by atoms with Gasteiger partial charge in [-0.1, -0.05) is 79.7 Å². The lowest BCUT2D eigenvalue weighted by Crippen LogP contribution is -2.38. The number of hydrogen-bond acceptors (Lipinski definition) is 6. The normalized spacial score (nSPS) is 20.8. The molecular formula is C33H33NO5S. The number of ether oxygens (including phenoxy) is 2. The van der Waals surface area contributed by atoms with E-state index in [2.05, 4.69) is 31.2 Å². The van der Waals surface area contributed by atoms with Gasteiger partial charge in [0.25, 0.3) is 0 Å². The molecule has 5 rings (SSSR count). The molecule has 1 saturated heterocycles. The number of carbonyl (C=O) groups is 1. The van der Waals surface area contributed by atoms with Gasteiger partial charge in [-0.2, -0.15) is 0 Å². The summed E-state index contributed by atoms with van der Waals surface area (Å²) >= 11 is 1.48. The van der Waals surface area contributed by atoms with Crippen molar-refractivity contribution in [3.05, 3.63) is 125 Å². The van der Waals surface area contributed by atoms with Crippen molar-refractivity contribution in [3.63, 3.8) is 0 Å². The Hall–Kier alpha value is -3.46. The SMILES string of the molecule is C[C@@H]1[C@H](CSc2ccccc2C(=O)O)O[C@H](c2cccc(-c3cccc(CN)c3)c2)O[C@@H]1c1ccc(CO)cc1. The number of benzene rings is 4. The van der Waals surface area contributed by atoms with Crippen LogP contribution in [-0.2, 0) is 22.6 Å². The number of rotatable bonds is 9. The second-order valence-electron chi connectivity index (χ2n) is 9.96. The summed E-state index contributed by atoms with van der Waals surface area (Å²) in [5.74, 6) is -0.390. The van der Waals surface area contributed by atoms with Crippen LogP contribution in [0.4, 0.5) is 0 Å². The van der Waals surface area contributed by atoms with E-state index in [1.165, 1.54) is 11.8 Å². The van der Waals surface area contributed by atoms with Crippen LogP contribution in [0.15, 0.2) is 102 Å². The summed E-state index contributed by atoms with van der Waals surface area (Å²) in [6.07, 6.45) is -1.08. The van der Waals surface area contributed by atoms with Crippen LogP contribution in [0, 0.1) is 5.92 Å². The van der Waals surface area contributed by atoms with Gasteiger partial charge in [0.1, 0.15) is 0 Å². The number of carboxylic acid groups (broad SMARTS) is 1. The van der Waals surface area contributed by atoms with Gasteiger partial charge in [0.2, 0.25) is 0 Å². The molecule has 0 aliphatic carbocycles. The Morgan fingerprint density at radius 3 is 2.30 bits per heavy atom. The first-order valence-electron chi connectivity index (χ1n) is 13.3. The van der Waals surface area contributed by atoms with Crippen molar-refractivity contribution < 1.29 is 24.5 Å². The van der Waals surface area contributed by atoms with Gasteiger partial charge in [-0.25, -0.2) is 4.79 Å². The average Bonchev–Trinajstić information content (AvgIpc) is 3.00. The molecule has 4 aromatic carbocycles. The molecule has 1 aliphatic rings. The Morgan fingerprint density at radius 2 is 1.57 bits per heavy atom. The molecule has 0 amide bonds. The molecule has 0 bridgehead atoms. The third-order valence-corrected chi connectivity index (χ3v) is 8.46. The predicted octanol–water partition coefficient (Wildman–Crippen LogP) is 6.59. The van der Waals surface area contributed by atoms with Crippen molar-refractivity contribution >= 4 is 17.7 Å². The largest absolute Gasteiger partial charge is 0.478 e. The minimum Gasteiger partial charge on any atom is -0.478 e. The van der Waals surface area contributed by atoms with Gasteiger partial charge in [0, 0.05) is 28.7 Å². The molecule has 206 valence electrons. The van der Waals surface area contributed by atoms with Crippen LogP contribution in [0.2, 0.25) is 0 Å². The summed E-state index contributed by atoms with van der Waals surface area (Å²) in [6.45, 7) is 2.55. The van der Waals surface area contributed by atoms with Gasteiger partial charge in [-0.15, -0.1) is 11.8 Å². The molecule has 0 saturated carbocycles. The van der Waals surface area contributed by atoms with Crippen molar-refractivity contribution in [1.82, 2.24) is 0 Å². The van der Waals surface area contributed by atoms with Crippen molar-refractivity contribution in [2.24, 2.45) is 11.7 Å². The van der Waals surface area contributed by atoms with Crippen LogP contribution >= 0.6 is 11.8 Å². The summed E-state index contributed by atoms with van der Waals surface area (Å²) in [4.78, 5) is 12.5. The van der Waals surface area contributed by atoms with E-state index >= 15 is 0 Å². The van der Waals surface area contributed by atoms with E-state index in [4.69, 9.17) is 15.2 Å². The molecule has 0 unspecified atom stereocenters. The fourth-order valence-electron chi connectivity index (χ4n) is 4.99. The molecule has 6 nitrogen and oxygen atoms in total. The van der Waals surface area contributed by atoms with E-state index in [1.807, 2.05) is 60.7 Å². The Morgan fingerprint density at radius 1 is 0.850 bits per heavy atom. The Labute approximate surface area is 238 Å². The van der Waals surface area contributed by atoms with Gasteiger partial charge in [0.05, 0.1) is 24.4 Å². The van der Waals surface area contributed by atoms with E-state index in [0.717, 1.165) is 33.4 Å². The highest BCUT2D eigenvalue weighted by atomic mass is 32.2. The van der Waals surface area contributed by atoms with Crippen LogP contribution < -0.4 is 5.73 Å². The molecular weight excluding hydrogens is 522 g/mol. The first-order valence-corrected chi connectivity index (χ1v) is 14.3. The fraction of sp³-hybridized carbons (Fsp3) is 0.242. The van der Waals surface area contributed by atoms with Crippen molar-refractivity contribution in [2.45, 2.75) is 43.5 Å². The van der Waals surface area contributed by atoms with E-state index < -0.39 is 12.3 Å². The number of nitrogens with two attached hydrogens (primary N) is 1. The highest BCUT2D eigenvalue weighted by Gasteiger charge is 2.38. The van der Waals surface area contributed by atoms with E-state index in [-0.39, 0.29) is 30.3 Å². The molecule has 1 aliphatic heterocycles. The highest BCUT2D eigenvalue weighted by Crippen LogP contribution is 2.43. The lowest BCUT2D eigenvalue weighted by Gasteiger charge is -2.41. The number of aliphatic hydroxyl groups excluding tert-OH is 1. The van der Waals surface area contributed by atoms with Crippen LogP contribution in [0.25, 0.3) is 11.1 Å². The molecule has 4 N–H and O–H groups in total. The highest BCUT2D eigenvalue weighted by molar-refractivity contribution is 7.99. The average molecular weight is 556 g/mol. The van der Waals surface area contributed by atoms with Crippen LogP contribution in [-0.4, -0.2) is 28.0 Å². The maximum absolute atomic E-state index is 11.8. The third-order valence-electron chi connectivity index (χ3n) is 7.30. The minimum absolute atomic E-state index is 0.00913. The summed E-state index contributed by atoms with van der Waals surface area (Å²) in [5, 5.41) is 19.2. The van der Waals surface area contributed by atoms with Gasteiger partial charge in [-0.3, -0.25) is 0 Å². The third kappa shape index (κ3) is 6.30. The van der Waals surface area contributed by atoms with Gasteiger partial charge >= 0.3 is 5.97 Å². The van der Waals surface area contributed by atoms with Crippen molar-refractivity contribution in [1.29, 1.82) is 0 Å². The number of aromatic carboxylic acids is 1. The predicted molar refractivity (Wildman–Crippen MR) is 157 cm³/mol. The van der Waals surface area contributed by atoms with E-state index in [0.29, 0.717) is 17.2 Å². The zero-order valence-electron chi connectivity index (χ0n) is 22.3. The molecule has 0 radical (unpaired) electrons. The molecule has 1 heterocycles. The maximum atomic E-state index is 11.8. The Balaban J connectivity index is 1.45. The fourth-order valence-corrected chi connectivity index (χ4v) is 6.21. The second-order valence-corrected chi connectivity index (χ2v) is 11.0. The Bertz CT molecular complexity index is 1460. The second kappa shape index (κ2) is 12.8. The summed E-state index contributed by atoms with van der Waals surface area (Å²) < 4.78 is 13.2. The van der Waals surface area contributed by atoms with Gasteiger partial charge in [-0.05, 0) is 52.1 Å². The van der Waals surface area contributed by atoms with Gasteiger partial charge < -0.3 is 25.4 Å². The molecule has 0 spiro atoms. The monoisotopic (exact) mass is 555 g/mol. The lowest BCUT2D eigenvalue weighted by molar-refractivity contribution is -0.268. The molecule has 7 heteroatoms. The molecule has 0 aromatic heterocycles. The van der Waals surface area contributed by atoms with Crippen LogP contribution in [0.5, 0.6) is 0 Å². The first-order chi connectivity index (χ1) is 19.5. The minimum atomic E-state index is -0.945. The number of carboxylic acids is 1. The van der Waals surface area contributed by atoms with Gasteiger partial charge in [0.15, 0.2) is 6.29 Å². The van der Waals surface area contributed by atoms with Crippen LogP contribution in [0.1, 0.15) is 51.9 Å². The molecule has 40 heavy (non-hydrogen) atoms. The summed E-state index contributed by atoms with van der Waals surface area (Å²) in [7, 11) is 0. The number of thioether (sulfide) groups is 1. The Kier molecular flexibility index (Phi) is 8.99. The number of hydrogen-bond donors (Lipinski definition) is 3. The van der Waals surface area contributed by atoms with Crippen molar-refractivity contribution in [2.75, 3.05) is 5.75 Å². The van der Waals surface area contributed by atoms with Crippen molar-refractivity contribution in [3.8, 4) is 11.1 Å². The topological polar surface area (TPSA) is 102 Å². The smallest absolute Gasteiger partial charge is 0.336 e. The van der Waals surface area contributed by atoms with E-state index in [9.17, 15) is 15.0 Å². The zero-order valence-corrected chi connectivity index (χ0v) is 23.1. The molecule has 4 atom stereocenters. The lowest BCUT2D eigenvalue weighted by atomic mass is 9.91. The quantitative estimate of drug-likeness (QED) is 0.200. The molecule has 4 aromatic rings. The van der Waals surface area contributed by atoms with Crippen LogP contribution in [0.3, 0.4) is 0 Å². The summed E-state index contributed by atoms with van der Waals surface area (Å²) in [6, 6.07) is 31.2. The standard InChI is InChI=1S/C33H33NO5S/c1-21-29(20-40-30-11-3-2-10-28(30)32(36)37)38-33(39-31(21)24-14-12-22(19-35)13-15-24)27-9-5-8-26(17-27)25-7-4-6-23(16-25)18-34/h2-17,21,29,31,33,35H,18-20,34H2,1H3,(H,36,37)/t21-,29+,31+,33+/m1/s1. The summed E-state index contributed by atoms with van der Waals surface area (Å²) in [5.41, 5.74) is 12.1. The molecule has 1 fully saturated rings. The number of aliphatic hydroxyl groups is 1.